The van der Waals surface area contributed by atoms with Crippen molar-refractivity contribution in [1.82, 2.24) is 14.5 Å². The minimum atomic E-state index is -3.33. The highest BCUT2D eigenvalue weighted by atomic mass is 32.2. The topological polar surface area (TPSA) is 79.0 Å². The van der Waals surface area contributed by atoms with Crippen molar-refractivity contribution in [1.29, 1.82) is 0 Å². The van der Waals surface area contributed by atoms with E-state index in [1.165, 1.54) is 0 Å². The van der Waals surface area contributed by atoms with Crippen molar-refractivity contribution in [3.8, 4) is 0 Å². The summed E-state index contributed by atoms with van der Waals surface area (Å²) in [7, 11) is -1.74. The highest BCUT2D eigenvalue weighted by molar-refractivity contribution is 7.90. The van der Waals surface area contributed by atoms with E-state index in [0.717, 1.165) is 0 Å². The van der Waals surface area contributed by atoms with Crippen LogP contribution >= 0.6 is 0 Å². The number of morpholine rings is 1. The van der Waals surface area contributed by atoms with Gasteiger partial charge in [-0.15, -0.1) is 0 Å². The molecule has 0 aromatic rings. The first-order valence-corrected chi connectivity index (χ1v) is 8.92. The molecule has 7 nitrogen and oxygen atoms in total. The number of urea groups is 1. The average molecular weight is 317 g/mol. The van der Waals surface area contributed by atoms with E-state index in [9.17, 15) is 13.2 Å². The van der Waals surface area contributed by atoms with Gasteiger partial charge in [-0.25, -0.2) is 13.2 Å². The maximum absolute atomic E-state index is 12.7. The number of fused-ring (bicyclic) bond motifs is 1. The molecule has 0 aromatic heterocycles. The van der Waals surface area contributed by atoms with Crippen LogP contribution in [0.5, 0.6) is 0 Å². The molecule has 3 aliphatic heterocycles. The van der Waals surface area contributed by atoms with Crippen LogP contribution in [-0.2, 0) is 14.8 Å². The zero-order valence-corrected chi connectivity index (χ0v) is 13.5. The van der Waals surface area contributed by atoms with Crippen LogP contribution in [0.4, 0.5) is 4.79 Å². The van der Waals surface area contributed by atoms with Crippen LogP contribution in [0.25, 0.3) is 0 Å². The summed E-state index contributed by atoms with van der Waals surface area (Å²) in [5, 5.41) is 2.10. The van der Waals surface area contributed by atoms with E-state index in [1.807, 2.05) is 13.8 Å². The first-order chi connectivity index (χ1) is 9.78. The zero-order valence-electron chi connectivity index (χ0n) is 12.7. The van der Waals surface area contributed by atoms with E-state index in [2.05, 4.69) is 5.32 Å². The number of carbonyl (C=O) groups excluding carboxylic acids is 1. The second-order valence-electron chi connectivity index (χ2n) is 6.70. The number of ether oxygens (including phenoxy) is 1. The Morgan fingerprint density at radius 2 is 2.14 bits per heavy atom. The molecule has 8 heteroatoms. The second kappa shape index (κ2) is 4.82. The quantitative estimate of drug-likeness (QED) is 0.767. The first-order valence-electron chi connectivity index (χ1n) is 7.42. The third-order valence-corrected chi connectivity index (χ3v) is 6.92. The maximum atomic E-state index is 12.7. The van der Waals surface area contributed by atoms with Crippen LogP contribution in [0.1, 0.15) is 20.3 Å². The van der Waals surface area contributed by atoms with Crippen LogP contribution in [0.2, 0.25) is 0 Å². The normalized spacial score (nSPS) is 37.8. The third-order valence-electron chi connectivity index (χ3n) is 4.58. The molecule has 120 valence electrons. The summed E-state index contributed by atoms with van der Waals surface area (Å²) < 4.78 is 33.0. The summed E-state index contributed by atoms with van der Waals surface area (Å²) in [6.45, 7) is 5.70. The van der Waals surface area contributed by atoms with Crippen LogP contribution in [0.3, 0.4) is 0 Å². The van der Waals surface area contributed by atoms with E-state index >= 15 is 0 Å². The van der Waals surface area contributed by atoms with Gasteiger partial charge in [0.25, 0.3) is 0 Å². The standard InChI is InChI=1S/C13H23N3O4S/c1-9(2)5-16-8-13-7-15(12(17)14-3)6-10(20-13)4-11(13)21(16,18)19/h9-11H,4-8H2,1-3H3,(H,14,17)/t10-,11+,13+/m1/s1. The number of carbonyl (C=O) groups is 1. The summed E-state index contributed by atoms with van der Waals surface area (Å²) in [5.74, 6) is 0.268. The molecule has 2 amide bonds. The summed E-state index contributed by atoms with van der Waals surface area (Å²) in [6, 6.07) is -0.164. The highest BCUT2D eigenvalue weighted by Gasteiger charge is 2.65. The number of nitrogens with one attached hydrogen (secondary N) is 1. The predicted molar refractivity (Wildman–Crippen MR) is 77.4 cm³/mol. The third kappa shape index (κ3) is 2.24. The summed E-state index contributed by atoms with van der Waals surface area (Å²) >= 11 is 0. The van der Waals surface area contributed by atoms with Gasteiger partial charge in [0.2, 0.25) is 10.0 Å². The molecule has 0 unspecified atom stereocenters. The van der Waals surface area contributed by atoms with Crippen LogP contribution < -0.4 is 5.32 Å². The lowest BCUT2D eigenvalue weighted by atomic mass is 9.99. The number of sulfonamides is 1. The number of hydrogen-bond acceptors (Lipinski definition) is 4. The Morgan fingerprint density at radius 1 is 1.43 bits per heavy atom. The average Bonchev–Trinajstić information content (AvgIpc) is 2.76. The van der Waals surface area contributed by atoms with E-state index < -0.39 is 20.9 Å². The minimum Gasteiger partial charge on any atom is -0.365 e. The van der Waals surface area contributed by atoms with Gasteiger partial charge in [0.15, 0.2) is 0 Å². The Hall–Kier alpha value is -0.860. The molecule has 0 saturated carbocycles. The molecule has 3 fully saturated rings. The molecule has 3 heterocycles. The fourth-order valence-electron chi connectivity index (χ4n) is 3.83. The lowest BCUT2D eigenvalue weighted by Crippen LogP contribution is -2.58. The number of amides is 2. The molecule has 2 bridgehead atoms. The Morgan fingerprint density at radius 3 is 2.76 bits per heavy atom. The molecule has 3 aliphatic rings. The monoisotopic (exact) mass is 317 g/mol. The summed E-state index contributed by atoms with van der Waals surface area (Å²) in [5.41, 5.74) is -0.747. The zero-order chi connectivity index (χ0) is 15.4. The molecule has 21 heavy (non-hydrogen) atoms. The van der Waals surface area contributed by atoms with E-state index in [-0.39, 0.29) is 18.1 Å². The van der Waals surface area contributed by atoms with Gasteiger partial charge in [0.05, 0.1) is 12.6 Å². The van der Waals surface area contributed by atoms with Crippen LogP contribution in [-0.4, -0.2) is 73.8 Å². The highest BCUT2D eigenvalue weighted by Crippen LogP contribution is 2.46. The smallest absolute Gasteiger partial charge is 0.317 e. The van der Waals surface area contributed by atoms with Gasteiger partial charge < -0.3 is 15.0 Å². The van der Waals surface area contributed by atoms with E-state index in [0.29, 0.717) is 32.6 Å². The van der Waals surface area contributed by atoms with Gasteiger partial charge in [-0.05, 0) is 12.3 Å². The van der Waals surface area contributed by atoms with Gasteiger partial charge >= 0.3 is 6.03 Å². The molecule has 1 spiro atoms. The lowest BCUT2D eigenvalue weighted by molar-refractivity contribution is -0.0956. The largest absolute Gasteiger partial charge is 0.365 e. The molecular formula is C13H23N3O4S. The van der Waals surface area contributed by atoms with Crippen molar-refractivity contribution in [3.63, 3.8) is 0 Å². The summed E-state index contributed by atoms with van der Waals surface area (Å²) in [4.78, 5) is 13.6. The molecule has 0 aromatic carbocycles. The van der Waals surface area contributed by atoms with Crippen LogP contribution in [0, 0.1) is 5.92 Å². The Labute approximate surface area is 125 Å². The van der Waals surface area contributed by atoms with Crippen molar-refractivity contribution in [2.75, 3.05) is 33.2 Å². The van der Waals surface area contributed by atoms with E-state index in [1.54, 1.807) is 16.3 Å². The maximum Gasteiger partial charge on any atom is 0.317 e. The lowest BCUT2D eigenvalue weighted by Gasteiger charge is -2.39. The molecular weight excluding hydrogens is 294 g/mol. The molecule has 1 N–H and O–H groups in total. The van der Waals surface area contributed by atoms with Crippen molar-refractivity contribution in [2.24, 2.45) is 5.92 Å². The molecule has 3 atom stereocenters. The molecule has 0 aliphatic carbocycles. The number of nitrogens with zero attached hydrogens (tertiary/aromatic N) is 2. The van der Waals surface area contributed by atoms with Crippen molar-refractivity contribution in [3.05, 3.63) is 0 Å². The minimum absolute atomic E-state index is 0.164. The Kier molecular flexibility index (Phi) is 3.46. The van der Waals surface area contributed by atoms with Gasteiger partial charge in [0.1, 0.15) is 10.9 Å². The molecule has 3 rings (SSSR count). The first kappa shape index (κ1) is 15.1. The Balaban J connectivity index is 1.88. The second-order valence-corrected chi connectivity index (χ2v) is 8.81. The Bertz CT molecular complexity index is 550. The fraction of sp³-hybridized carbons (Fsp3) is 0.923. The number of hydrogen-bond donors (Lipinski definition) is 1. The van der Waals surface area contributed by atoms with Gasteiger partial charge in [-0.1, -0.05) is 13.8 Å². The van der Waals surface area contributed by atoms with Crippen molar-refractivity contribution >= 4 is 16.1 Å². The molecule has 0 radical (unpaired) electrons. The fourth-order valence-corrected chi connectivity index (χ4v) is 6.30. The van der Waals surface area contributed by atoms with E-state index in [4.69, 9.17) is 4.74 Å². The molecule has 3 saturated heterocycles. The predicted octanol–water partition coefficient (Wildman–Crippen LogP) is -0.161. The van der Waals surface area contributed by atoms with Gasteiger partial charge in [0, 0.05) is 26.7 Å². The van der Waals surface area contributed by atoms with Crippen LogP contribution in [0.15, 0.2) is 0 Å². The van der Waals surface area contributed by atoms with Gasteiger partial charge in [-0.3, -0.25) is 0 Å². The van der Waals surface area contributed by atoms with Gasteiger partial charge in [-0.2, -0.15) is 4.31 Å². The summed E-state index contributed by atoms with van der Waals surface area (Å²) in [6.07, 6.45) is 0.321. The van der Waals surface area contributed by atoms with Crippen molar-refractivity contribution in [2.45, 2.75) is 37.2 Å². The number of likely N-dealkylation sites (tertiary alicyclic amines) is 1. The van der Waals surface area contributed by atoms with Crippen molar-refractivity contribution < 1.29 is 17.9 Å². The SMILES string of the molecule is CNC(=O)N1C[C@H]2C[C@H]3[C@](C1)(CN(CC(C)C)S3(=O)=O)O2. The number of rotatable bonds is 2.